The van der Waals surface area contributed by atoms with Crippen LogP contribution in [-0.2, 0) is 47.9 Å². The maximum Gasteiger partial charge on any atom is 0.397 e. The fourth-order valence-corrected chi connectivity index (χ4v) is 12.1. The van der Waals surface area contributed by atoms with Gasteiger partial charge in [0.2, 0.25) is 0 Å². The van der Waals surface area contributed by atoms with Gasteiger partial charge >= 0.3 is 10.4 Å². The average Bonchev–Trinajstić information content (AvgIpc) is 2.65. The Labute approximate surface area is 513 Å². The van der Waals surface area contributed by atoms with E-state index >= 15 is 0 Å². The first-order chi connectivity index (χ1) is 41.0. The maximum atomic E-state index is 13.0. The maximum absolute atomic E-state index is 13.0. The van der Waals surface area contributed by atoms with Crippen LogP contribution in [0.3, 0.4) is 0 Å². The van der Waals surface area contributed by atoms with Crippen LogP contribution in [0.5, 0.6) is 0 Å². The minimum atomic E-state index is -4.99. The van der Waals surface area contributed by atoms with Crippen molar-refractivity contribution in [3.8, 4) is 0 Å². The zero-order valence-corrected chi connectivity index (χ0v) is 52.5. The van der Waals surface area contributed by atoms with Gasteiger partial charge in [-0.3, -0.25) is 14.1 Å². The molecule has 0 unspecified atom stereocenters. The van der Waals surface area contributed by atoms with Crippen LogP contribution in [0, 0.1) is 11.8 Å². The largest absolute Gasteiger partial charge is 0.397 e. The lowest BCUT2D eigenvalue weighted by molar-refractivity contribution is -0.313. The Morgan fingerprint density at radius 1 is 0.640 bits per heavy atom. The molecule has 4 saturated heterocycles. The van der Waals surface area contributed by atoms with Crippen molar-refractivity contribution in [1.82, 2.24) is 0 Å². The minimum absolute atomic E-state index is 0.0601. The van der Waals surface area contributed by atoms with Crippen LogP contribution >= 0.6 is 0 Å². The predicted molar refractivity (Wildman–Crippen MR) is 326 cm³/mol. The molecule has 4 fully saturated rings. The topological polar surface area (TPSA) is 333 Å². The van der Waals surface area contributed by atoms with E-state index < -0.39 is 121 Å². The SMILES string of the molecule is C=CCC[C@H]1O[C@@H]1CC(=C)CC[C@H]1O[C@@H]1CCCC/C=C/CC/C=C/C[C@@H](C)/C=C/C[C@@H](C)CCCCCCC(=O)CCC[C@@H](C[C@@H](O)CC(=O)C[C@@H](O)CC[C@@H](O)[C@H]1C[C@@H](O)[C@H](OS(=O)(=O)O)[C@@H](C[C@H](C)O)O1)O[C@@H]1O[C@H](CO)[C@@H](O)[C@H](O)[C@H]1O. The third-order valence-corrected chi connectivity index (χ3v) is 17.3. The van der Waals surface area contributed by atoms with Crippen LogP contribution in [0.25, 0.3) is 0 Å². The molecule has 4 heterocycles. The zero-order chi connectivity index (χ0) is 63.2. The molecule has 0 aromatic carbocycles. The number of carbonyl (C=O) groups is 2. The molecular formula is C65H110O20S. The van der Waals surface area contributed by atoms with E-state index in [-0.39, 0.29) is 50.7 Å². The molecule has 496 valence electrons. The Balaban J connectivity index is 1.04. The van der Waals surface area contributed by atoms with E-state index in [0.29, 0.717) is 49.1 Å². The number of ketones is 2. The van der Waals surface area contributed by atoms with Crippen LogP contribution in [0.4, 0.5) is 0 Å². The molecule has 20 nitrogen and oxygen atoms in total. The van der Waals surface area contributed by atoms with Gasteiger partial charge in [0.05, 0.1) is 79.9 Å². The van der Waals surface area contributed by atoms with E-state index in [1.807, 2.05) is 6.08 Å². The average molecular weight is 1240 g/mol. The van der Waals surface area contributed by atoms with E-state index in [1.165, 1.54) is 25.3 Å². The number of hydrogen-bond donors (Lipinski definition) is 10. The summed E-state index contributed by atoms with van der Waals surface area (Å²) in [5.74, 6) is 0.576. The molecule has 4 aliphatic heterocycles. The Hall–Kier alpha value is -2.65. The summed E-state index contributed by atoms with van der Waals surface area (Å²) < 4.78 is 65.4. The number of ether oxygens (including phenoxy) is 5. The Bertz CT molecular complexity index is 2140. The molecule has 0 spiro atoms. The van der Waals surface area contributed by atoms with Crippen molar-refractivity contribution in [2.24, 2.45) is 11.8 Å². The number of rotatable bonds is 49. The van der Waals surface area contributed by atoms with Crippen LogP contribution < -0.4 is 0 Å². The Morgan fingerprint density at radius 2 is 1.31 bits per heavy atom. The standard InChI is InChI=1S/C65H110O20S/c1-6-7-30-55-58(82-55)36-45(4)32-35-56-54(81-56)31-20-14-12-10-8-9-11-13-17-23-43(2)25-21-26-44(3)24-18-15-16-19-27-47(68)28-22-29-51(80-65-63(76)62(75)61(74)60(42-66)84-65)40-50(71)39-49(70)38-48(69)33-34-52(72)57-41-53(73)64(85-86(77,78)79)59(83-57)37-46(5)67/h6,8,10,13,17,21,25,43-44,46,48,50-67,69,71-76H,1,4,7,9,11-12,14-16,18-20,22-24,26-42H2,2-3,5H3,(H,77,78,79)/b10-8+,17-13+,25-21+/t43-,44+,46+,48+,50+,51+,52-,53-,54-,55-,56-,57-,58-,59-,60-,61-,62+,63-,64+,65-/m1/s1. The summed E-state index contributed by atoms with van der Waals surface area (Å²) in [6.45, 7) is 13.3. The smallest absolute Gasteiger partial charge is 0.394 e. The highest BCUT2D eigenvalue weighted by molar-refractivity contribution is 7.80. The molecule has 4 rings (SSSR count). The number of aliphatic hydroxyl groups is 9. The van der Waals surface area contributed by atoms with Gasteiger partial charge < -0.3 is 69.6 Å². The highest BCUT2D eigenvalue weighted by atomic mass is 32.3. The van der Waals surface area contributed by atoms with Gasteiger partial charge in [0.25, 0.3) is 0 Å². The monoisotopic (exact) mass is 1240 g/mol. The molecule has 4 aliphatic rings. The second-order valence-electron chi connectivity index (χ2n) is 25.1. The molecular weight excluding hydrogens is 1130 g/mol. The third-order valence-electron chi connectivity index (χ3n) is 16.9. The van der Waals surface area contributed by atoms with E-state index in [4.69, 9.17) is 28.2 Å². The lowest BCUT2D eigenvalue weighted by atomic mass is 9.90. The molecule has 0 bridgehead atoms. The molecule has 0 aromatic heterocycles. The van der Waals surface area contributed by atoms with Crippen LogP contribution in [0.2, 0.25) is 0 Å². The fraction of sp³-hybridized carbons (Fsp3) is 0.815. The summed E-state index contributed by atoms with van der Waals surface area (Å²) in [4.78, 5) is 26.0. The van der Waals surface area contributed by atoms with E-state index in [1.54, 1.807) is 0 Å². The molecule has 0 amide bonds. The van der Waals surface area contributed by atoms with E-state index in [9.17, 15) is 64.0 Å². The fourth-order valence-electron chi connectivity index (χ4n) is 11.6. The van der Waals surface area contributed by atoms with Crippen molar-refractivity contribution in [1.29, 1.82) is 0 Å². The van der Waals surface area contributed by atoms with Crippen molar-refractivity contribution in [2.45, 2.75) is 317 Å². The van der Waals surface area contributed by atoms with Gasteiger partial charge in [-0.25, -0.2) is 4.18 Å². The number of unbranched alkanes of at least 4 members (excludes halogenated alkanes) is 6. The second-order valence-corrected chi connectivity index (χ2v) is 26.2. The predicted octanol–water partition coefficient (Wildman–Crippen LogP) is 7.62. The highest BCUT2D eigenvalue weighted by Crippen LogP contribution is 2.36. The van der Waals surface area contributed by atoms with Crippen LogP contribution in [-0.4, -0.2) is 187 Å². The molecule has 0 radical (unpaired) electrons. The van der Waals surface area contributed by atoms with E-state index in [2.05, 4.69) is 67.6 Å². The van der Waals surface area contributed by atoms with Gasteiger partial charge in [0.15, 0.2) is 6.29 Å². The molecule has 0 aromatic rings. The zero-order valence-electron chi connectivity index (χ0n) is 51.7. The molecule has 20 atom stereocenters. The van der Waals surface area contributed by atoms with Crippen molar-refractivity contribution in [2.75, 3.05) is 6.61 Å². The van der Waals surface area contributed by atoms with Crippen molar-refractivity contribution in [3.63, 3.8) is 0 Å². The Kier molecular flexibility index (Phi) is 36.1. The first-order valence-electron chi connectivity index (χ1n) is 32.2. The summed E-state index contributed by atoms with van der Waals surface area (Å²) in [7, 11) is -4.99. The molecule has 10 N–H and O–H groups in total. The number of epoxide rings is 2. The first kappa shape index (κ1) is 75.8. The Morgan fingerprint density at radius 3 is 2.03 bits per heavy atom. The number of carbonyl (C=O) groups excluding carboxylic acids is 2. The van der Waals surface area contributed by atoms with Gasteiger partial charge in [-0.2, -0.15) is 8.42 Å². The van der Waals surface area contributed by atoms with E-state index in [0.717, 1.165) is 103 Å². The summed E-state index contributed by atoms with van der Waals surface area (Å²) in [5, 5.41) is 94.1. The van der Waals surface area contributed by atoms with Gasteiger partial charge in [-0.05, 0) is 128 Å². The number of allylic oxidation sites excluding steroid dienone is 7. The number of hydrogen-bond acceptors (Lipinski definition) is 19. The molecule has 86 heavy (non-hydrogen) atoms. The highest BCUT2D eigenvalue weighted by Gasteiger charge is 2.46. The summed E-state index contributed by atoms with van der Waals surface area (Å²) in [6, 6.07) is 0. The third kappa shape index (κ3) is 31.4. The lowest BCUT2D eigenvalue weighted by Crippen LogP contribution is -2.59. The lowest BCUT2D eigenvalue weighted by Gasteiger charge is -2.41. The second kappa shape index (κ2) is 41.0. The van der Waals surface area contributed by atoms with Crippen molar-refractivity contribution < 1.29 is 96.4 Å². The summed E-state index contributed by atoms with van der Waals surface area (Å²) >= 11 is 0. The van der Waals surface area contributed by atoms with Crippen molar-refractivity contribution in [3.05, 3.63) is 61.3 Å². The van der Waals surface area contributed by atoms with Crippen molar-refractivity contribution >= 4 is 22.0 Å². The van der Waals surface area contributed by atoms with Crippen LogP contribution in [0.15, 0.2) is 61.3 Å². The number of aliphatic hydroxyl groups excluding tert-OH is 9. The minimum Gasteiger partial charge on any atom is -0.394 e. The molecule has 0 saturated carbocycles. The van der Waals surface area contributed by atoms with Gasteiger partial charge in [-0.1, -0.05) is 101 Å². The number of Topliss-reactive ketones (excluding diaryl/α,β-unsaturated/α-hetero) is 2. The van der Waals surface area contributed by atoms with Crippen LogP contribution in [0.1, 0.15) is 207 Å². The summed E-state index contributed by atoms with van der Waals surface area (Å²) in [6.07, 6.45) is 16.9. The van der Waals surface area contributed by atoms with Gasteiger partial charge in [-0.15, -0.1) is 6.58 Å². The van der Waals surface area contributed by atoms with Gasteiger partial charge in [0, 0.05) is 44.9 Å². The molecule has 21 heteroatoms. The summed E-state index contributed by atoms with van der Waals surface area (Å²) in [5.41, 5.74) is 1.29. The van der Waals surface area contributed by atoms with Gasteiger partial charge in [0.1, 0.15) is 42.1 Å². The first-order valence-corrected chi connectivity index (χ1v) is 33.6. The molecule has 0 aliphatic carbocycles. The normalized spacial score (nSPS) is 29.4. The quantitative estimate of drug-likeness (QED) is 0.0121.